The predicted molar refractivity (Wildman–Crippen MR) is 226 cm³/mol. The van der Waals surface area contributed by atoms with Crippen molar-refractivity contribution in [2.75, 3.05) is 27.3 Å². The van der Waals surface area contributed by atoms with Crippen molar-refractivity contribution >= 4 is 87.6 Å². The molecule has 0 aliphatic carbocycles. The van der Waals surface area contributed by atoms with Crippen molar-refractivity contribution in [2.24, 2.45) is 5.73 Å². The van der Waals surface area contributed by atoms with Crippen LogP contribution in [0.5, 0.6) is 0 Å². The molecular weight excluding hydrogens is 805 g/mol. The molecule has 1 amide bonds. The number of amides is 1. The van der Waals surface area contributed by atoms with Crippen LogP contribution in [0.3, 0.4) is 0 Å². The van der Waals surface area contributed by atoms with Gasteiger partial charge in [0.05, 0.1) is 57.5 Å². The van der Waals surface area contributed by atoms with E-state index in [-0.39, 0.29) is 16.6 Å². The molecule has 0 saturated heterocycles. The quantitative estimate of drug-likeness (QED) is 0.0961. The van der Waals surface area contributed by atoms with Gasteiger partial charge < -0.3 is 34.4 Å². The van der Waals surface area contributed by atoms with Gasteiger partial charge in [-0.25, -0.2) is 33.1 Å². The highest BCUT2D eigenvalue weighted by Crippen LogP contribution is 2.25. The maximum absolute atomic E-state index is 14.3. The summed E-state index contributed by atoms with van der Waals surface area (Å²) >= 11 is 11.7. The number of imidazole rings is 2. The summed E-state index contributed by atoms with van der Waals surface area (Å²) in [4.78, 5) is 44.7. The van der Waals surface area contributed by atoms with Crippen LogP contribution in [-0.2, 0) is 27.3 Å². The van der Waals surface area contributed by atoms with Crippen molar-refractivity contribution in [1.29, 1.82) is 0 Å². The van der Waals surface area contributed by atoms with Gasteiger partial charge in [0, 0.05) is 37.3 Å². The largest absolute Gasteiger partial charge is 0.465 e. The number of fused-ring (bicyclic) bond motifs is 2. The molecule has 16 heteroatoms. The number of hydrogen-bond donors (Lipinski definition) is 2. The number of methoxy groups -OCH3 is 2. The van der Waals surface area contributed by atoms with Gasteiger partial charge in [0.25, 0.3) is 0 Å². The number of alkyl carbamates (subject to hydrolysis) is 1. The molecule has 3 N–H and O–H groups in total. The van der Waals surface area contributed by atoms with E-state index < -0.39 is 35.3 Å². The molecule has 2 heterocycles. The van der Waals surface area contributed by atoms with Crippen LogP contribution in [0.2, 0.25) is 10.0 Å². The van der Waals surface area contributed by atoms with Gasteiger partial charge in [0.2, 0.25) is 0 Å². The smallest absolute Gasteiger partial charge is 0.407 e. The number of nitrogens with one attached hydrogen (secondary N) is 1. The van der Waals surface area contributed by atoms with E-state index in [2.05, 4.69) is 15.3 Å². The monoisotopic (exact) mass is 846 g/mol. The van der Waals surface area contributed by atoms with E-state index in [0.29, 0.717) is 64.6 Å². The van der Waals surface area contributed by atoms with Crippen LogP contribution in [0.25, 0.3) is 46.4 Å². The zero-order chi connectivity index (χ0) is 42.9. The Morgan fingerprint density at radius 1 is 0.729 bits per heavy atom. The molecule has 0 atom stereocenters. The van der Waals surface area contributed by atoms with Crippen molar-refractivity contribution in [3.05, 3.63) is 128 Å². The molecule has 0 fully saturated rings. The summed E-state index contributed by atoms with van der Waals surface area (Å²) in [5.74, 6) is -0.809. The number of carbonyl (C=O) groups excluding carboxylic acids is 3. The summed E-state index contributed by atoms with van der Waals surface area (Å²) in [5, 5.41) is 2.80. The molecule has 0 spiro atoms. The number of esters is 2. The Bertz CT molecular complexity index is 2560. The third-order valence-corrected chi connectivity index (χ3v) is 9.12. The molecule has 308 valence electrons. The summed E-state index contributed by atoms with van der Waals surface area (Å²) in [6.07, 6.45) is 6.00. The van der Waals surface area contributed by atoms with Crippen LogP contribution in [0, 0.1) is 11.6 Å². The Morgan fingerprint density at radius 2 is 1.19 bits per heavy atom. The summed E-state index contributed by atoms with van der Waals surface area (Å²) in [5.41, 5.74) is 9.29. The van der Waals surface area contributed by atoms with Crippen LogP contribution in [0.4, 0.5) is 13.6 Å². The highest BCUT2D eigenvalue weighted by atomic mass is 35.5. The van der Waals surface area contributed by atoms with Crippen LogP contribution in [0.1, 0.15) is 64.3 Å². The number of nitrogens with two attached hydrogens (primary N) is 1. The van der Waals surface area contributed by atoms with Crippen molar-refractivity contribution in [2.45, 2.75) is 39.5 Å². The highest BCUT2D eigenvalue weighted by Gasteiger charge is 2.18. The third kappa shape index (κ3) is 11.1. The molecule has 2 aromatic heterocycles. The predicted octanol–water partition coefficient (Wildman–Crippen LogP) is 9.06. The van der Waals surface area contributed by atoms with E-state index in [1.165, 1.54) is 26.4 Å². The first-order valence-electron chi connectivity index (χ1n) is 18.2. The van der Waals surface area contributed by atoms with E-state index in [1.54, 1.807) is 106 Å². The van der Waals surface area contributed by atoms with Gasteiger partial charge in [-0.1, -0.05) is 47.5 Å². The standard InChI is InChI=1S/C24H25ClFN3O4.C19H17ClFN3O2/c1-24(2,3)33-23(31)27-12-13-29-19-10-8-16(22(30)32-4)14-18(19)28-20(29)11-9-15-6-5-7-17(25)21(15)26;1-26-19(25)13-5-7-16-15(11-13)23-17(24(16)10-9-22)8-6-12-3-2-4-14(20)18(12)21/h5-11,14H,12-13H2,1-4H3,(H,27,31);2-8,11H,9-10,22H2,1H3/b11-9+;8-6+. The first-order valence-corrected chi connectivity index (χ1v) is 19.0. The molecule has 0 saturated carbocycles. The lowest BCUT2D eigenvalue weighted by Crippen LogP contribution is -2.34. The zero-order valence-corrected chi connectivity index (χ0v) is 34.4. The SMILES string of the molecule is COC(=O)c1ccc2c(c1)nc(/C=C/c1cccc(Cl)c1F)n2CCN.COC(=O)c1ccc2c(c1)nc(/C=C/c1cccc(Cl)c1F)n2CCNC(=O)OC(C)(C)C. The molecule has 0 radical (unpaired) electrons. The van der Waals surface area contributed by atoms with Gasteiger partial charge in [0.1, 0.15) is 28.9 Å². The van der Waals surface area contributed by atoms with Gasteiger partial charge in [-0.2, -0.15) is 0 Å². The van der Waals surface area contributed by atoms with Crippen molar-refractivity contribution in [3.8, 4) is 0 Å². The van der Waals surface area contributed by atoms with Crippen LogP contribution in [0.15, 0.2) is 72.8 Å². The molecule has 6 aromatic rings. The first kappa shape index (κ1) is 44.0. The Labute approximate surface area is 349 Å². The van der Waals surface area contributed by atoms with E-state index in [0.717, 1.165) is 11.0 Å². The van der Waals surface area contributed by atoms with Crippen LogP contribution >= 0.6 is 23.2 Å². The second-order valence-electron chi connectivity index (χ2n) is 13.8. The number of aromatic nitrogens is 4. The fourth-order valence-corrected chi connectivity index (χ4v) is 6.21. The minimum Gasteiger partial charge on any atom is -0.465 e. The van der Waals surface area contributed by atoms with Crippen LogP contribution < -0.4 is 11.1 Å². The fourth-order valence-electron chi connectivity index (χ4n) is 5.85. The molecular formula is C43H42Cl2F2N6O6. The lowest BCUT2D eigenvalue weighted by atomic mass is 10.2. The normalized spacial score (nSPS) is 11.6. The number of hydrogen-bond acceptors (Lipinski definition) is 9. The summed E-state index contributed by atoms with van der Waals surface area (Å²) in [6, 6.07) is 19.7. The number of halogens is 4. The number of ether oxygens (including phenoxy) is 3. The maximum Gasteiger partial charge on any atom is 0.407 e. The molecule has 6 rings (SSSR count). The second kappa shape index (κ2) is 19.6. The van der Waals surface area contributed by atoms with Gasteiger partial charge in [0.15, 0.2) is 0 Å². The number of benzene rings is 4. The van der Waals surface area contributed by atoms with Gasteiger partial charge in [-0.05, 0) is 93.6 Å². The summed E-state index contributed by atoms with van der Waals surface area (Å²) in [7, 11) is 2.63. The number of nitrogens with zero attached hydrogens (tertiary/aromatic N) is 4. The fraction of sp³-hybridized carbons (Fsp3) is 0.233. The van der Waals surface area contributed by atoms with Gasteiger partial charge >= 0.3 is 18.0 Å². The van der Waals surface area contributed by atoms with E-state index in [4.69, 9.17) is 43.1 Å². The summed E-state index contributed by atoms with van der Waals surface area (Å²) < 4.78 is 46.9. The van der Waals surface area contributed by atoms with Gasteiger partial charge in [-0.3, -0.25) is 0 Å². The molecule has 59 heavy (non-hydrogen) atoms. The first-order chi connectivity index (χ1) is 28.1. The lowest BCUT2D eigenvalue weighted by molar-refractivity contribution is 0.0523. The molecule has 12 nitrogen and oxygen atoms in total. The lowest BCUT2D eigenvalue weighted by Gasteiger charge is -2.19. The average Bonchev–Trinajstić information content (AvgIpc) is 3.74. The van der Waals surface area contributed by atoms with E-state index in [1.807, 2.05) is 9.13 Å². The zero-order valence-electron chi connectivity index (χ0n) is 32.9. The maximum atomic E-state index is 14.3. The molecule has 0 aliphatic rings. The number of rotatable bonds is 11. The molecule has 0 unspecified atom stereocenters. The Balaban J connectivity index is 0.000000230. The minimum absolute atomic E-state index is 0.0231. The molecule has 0 aliphatic heterocycles. The Hall–Kier alpha value is -6.09. The topological polar surface area (TPSA) is 153 Å². The van der Waals surface area contributed by atoms with E-state index >= 15 is 0 Å². The molecule has 4 aromatic carbocycles. The Kier molecular flexibility index (Phi) is 14.6. The molecule has 0 bridgehead atoms. The minimum atomic E-state index is -0.606. The van der Waals surface area contributed by atoms with Crippen LogP contribution in [-0.4, -0.2) is 70.0 Å². The van der Waals surface area contributed by atoms with Crippen molar-refractivity contribution in [1.82, 2.24) is 24.4 Å². The van der Waals surface area contributed by atoms with Crippen molar-refractivity contribution < 1.29 is 37.4 Å². The average molecular weight is 848 g/mol. The van der Waals surface area contributed by atoms with E-state index in [9.17, 15) is 23.2 Å². The second-order valence-corrected chi connectivity index (χ2v) is 14.6. The third-order valence-electron chi connectivity index (χ3n) is 8.54. The van der Waals surface area contributed by atoms with Gasteiger partial charge in [-0.15, -0.1) is 0 Å². The highest BCUT2D eigenvalue weighted by molar-refractivity contribution is 6.31. The van der Waals surface area contributed by atoms with Crippen molar-refractivity contribution in [3.63, 3.8) is 0 Å². The summed E-state index contributed by atoms with van der Waals surface area (Å²) in [6.45, 7) is 6.94. The Morgan fingerprint density at radius 3 is 1.61 bits per heavy atom. The number of carbonyl (C=O) groups is 3.